The number of nitrogens with one attached hydrogen (secondary N) is 1. The molecule has 0 aliphatic carbocycles. The second kappa shape index (κ2) is 11.9. The van der Waals surface area contributed by atoms with Gasteiger partial charge in [-0.15, -0.1) is 0 Å². The van der Waals surface area contributed by atoms with Crippen LogP contribution in [0.3, 0.4) is 0 Å². The molecule has 0 aliphatic rings. The van der Waals surface area contributed by atoms with E-state index in [4.69, 9.17) is 14.2 Å². The molecule has 0 saturated carbocycles. The van der Waals surface area contributed by atoms with Gasteiger partial charge in [0.15, 0.2) is 0 Å². The van der Waals surface area contributed by atoms with Crippen molar-refractivity contribution in [3.8, 4) is 0 Å². The fraction of sp³-hybridized carbons (Fsp3) is 1.00. The Bertz CT molecular complexity index is 176. The Morgan fingerprint density at radius 1 is 0.889 bits per heavy atom. The summed E-state index contributed by atoms with van der Waals surface area (Å²) >= 11 is 0. The van der Waals surface area contributed by atoms with Crippen molar-refractivity contribution in [2.75, 3.05) is 47.2 Å². The maximum Gasteiger partial charge on any atom is 0.0701 e. The Hall–Kier alpha value is -0.160. The second-order valence-electron chi connectivity index (χ2n) is 4.99. The third-order valence-electron chi connectivity index (χ3n) is 3.35. The van der Waals surface area contributed by atoms with Crippen LogP contribution in [0, 0.1) is 11.8 Å². The van der Waals surface area contributed by atoms with Crippen LogP contribution in [-0.2, 0) is 14.2 Å². The first kappa shape index (κ1) is 17.8. The van der Waals surface area contributed by atoms with Crippen molar-refractivity contribution in [2.24, 2.45) is 11.8 Å². The molecule has 0 aromatic heterocycles. The molecule has 0 bridgehead atoms. The standard InChI is InChI=1S/C14H31NO3/c1-12(2)14(13(3)15-4)6-7-17-10-11-18-9-8-16-5/h12-15H,6-11H2,1-5H3. The van der Waals surface area contributed by atoms with Crippen LogP contribution < -0.4 is 5.32 Å². The number of rotatable bonds is 12. The van der Waals surface area contributed by atoms with E-state index in [1.54, 1.807) is 7.11 Å². The molecule has 0 saturated heterocycles. The minimum atomic E-state index is 0.534. The number of hydrogen-bond acceptors (Lipinski definition) is 4. The average Bonchev–Trinajstić information content (AvgIpc) is 2.35. The van der Waals surface area contributed by atoms with E-state index in [0.29, 0.717) is 44.3 Å². The van der Waals surface area contributed by atoms with Gasteiger partial charge in [-0.05, 0) is 32.2 Å². The van der Waals surface area contributed by atoms with Crippen molar-refractivity contribution in [3.63, 3.8) is 0 Å². The fourth-order valence-corrected chi connectivity index (χ4v) is 2.06. The van der Waals surface area contributed by atoms with Crippen LogP contribution in [0.5, 0.6) is 0 Å². The molecule has 0 amide bonds. The second-order valence-corrected chi connectivity index (χ2v) is 4.99. The Labute approximate surface area is 112 Å². The molecule has 0 spiro atoms. The van der Waals surface area contributed by atoms with E-state index >= 15 is 0 Å². The largest absolute Gasteiger partial charge is 0.382 e. The van der Waals surface area contributed by atoms with Crippen LogP contribution >= 0.6 is 0 Å². The Morgan fingerprint density at radius 2 is 1.44 bits per heavy atom. The van der Waals surface area contributed by atoms with Crippen LogP contribution in [0.15, 0.2) is 0 Å². The van der Waals surface area contributed by atoms with Crippen molar-refractivity contribution in [2.45, 2.75) is 33.2 Å². The van der Waals surface area contributed by atoms with Crippen molar-refractivity contribution < 1.29 is 14.2 Å². The molecule has 4 heteroatoms. The first-order valence-electron chi connectivity index (χ1n) is 6.95. The first-order valence-corrected chi connectivity index (χ1v) is 6.95. The van der Waals surface area contributed by atoms with Crippen molar-refractivity contribution in [1.29, 1.82) is 0 Å². The van der Waals surface area contributed by atoms with Gasteiger partial charge in [-0.25, -0.2) is 0 Å². The van der Waals surface area contributed by atoms with Gasteiger partial charge in [0, 0.05) is 19.8 Å². The van der Waals surface area contributed by atoms with Crippen LogP contribution in [-0.4, -0.2) is 53.2 Å². The Morgan fingerprint density at radius 3 is 1.94 bits per heavy atom. The quantitative estimate of drug-likeness (QED) is 0.545. The van der Waals surface area contributed by atoms with Crippen LogP contribution in [0.25, 0.3) is 0 Å². The summed E-state index contributed by atoms with van der Waals surface area (Å²) in [4.78, 5) is 0. The normalized spacial score (nSPS) is 15.0. The lowest BCUT2D eigenvalue weighted by Crippen LogP contribution is -2.34. The summed E-state index contributed by atoms with van der Waals surface area (Å²) in [6.07, 6.45) is 1.09. The lowest BCUT2D eigenvalue weighted by Gasteiger charge is -2.27. The van der Waals surface area contributed by atoms with Gasteiger partial charge in [-0.3, -0.25) is 0 Å². The highest BCUT2D eigenvalue weighted by Gasteiger charge is 2.18. The molecule has 0 aromatic rings. The molecule has 0 rings (SSSR count). The predicted molar refractivity (Wildman–Crippen MR) is 75.0 cm³/mol. The third-order valence-corrected chi connectivity index (χ3v) is 3.35. The van der Waals surface area contributed by atoms with Crippen LogP contribution in [0.4, 0.5) is 0 Å². The summed E-state index contributed by atoms with van der Waals surface area (Å²) in [5.41, 5.74) is 0. The maximum atomic E-state index is 5.60. The molecule has 0 heterocycles. The molecule has 0 aliphatic heterocycles. The molecular weight excluding hydrogens is 230 g/mol. The van der Waals surface area contributed by atoms with Crippen molar-refractivity contribution in [1.82, 2.24) is 5.32 Å². The van der Waals surface area contributed by atoms with E-state index in [0.717, 1.165) is 13.0 Å². The van der Waals surface area contributed by atoms with Crippen molar-refractivity contribution in [3.05, 3.63) is 0 Å². The molecule has 110 valence electrons. The summed E-state index contributed by atoms with van der Waals surface area (Å²) in [7, 11) is 3.69. The van der Waals surface area contributed by atoms with Gasteiger partial charge in [-0.1, -0.05) is 13.8 Å². The molecule has 0 radical (unpaired) electrons. The molecule has 0 aromatic carbocycles. The van der Waals surface area contributed by atoms with Crippen LogP contribution in [0.2, 0.25) is 0 Å². The zero-order valence-corrected chi connectivity index (χ0v) is 12.7. The molecule has 4 nitrogen and oxygen atoms in total. The van der Waals surface area contributed by atoms with Gasteiger partial charge in [-0.2, -0.15) is 0 Å². The predicted octanol–water partition coefficient (Wildman–Crippen LogP) is 1.94. The van der Waals surface area contributed by atoms with Gasteiger partial charge in [0.05, 0.1) is 26.4 Å². The summed E-state index contributed by atoms with van der Waals surface area (Å²) in [5, 5.41) is 3.33. The van der Waals surface area contributed by atoms with Gasteiger partial charge in [0.25, 0.3) is 0 Å². The number of hydrogen-bond donors (Lipinski definition) is 1. The van der Waals surface area contributed by atoms with Crippen LogP contribution in [0.1, 0.15) is 27.2 Å². The fourth-order valence-electron chi connectivity index (χ4n) is 2.06. The number of ether oxygens (including phenoxy) is 3. The van der Waals surface area contributed by atoms with E-state index in [2.05, 4.69) is 26.1 Å². The zero-order chi connectivity index (χ0) is 13.8. The first-order chi connectivity index (χ1) is 8.63. The molecule has 0 fully saturated rings. The maximum absolute atomic E-state index is 5.60. The molecule has 1 N–H and O–H groups in total. The minimum Gasteiger partial charge on any atom is -0.382 e. The highest BCUT2D eigenvalue weighted by atomic mass is 16.5. The smallest absolute Gasteiger partial charge is 0.0701 e. The average molecular weight is 261 g/mol. The van der Waals surface area contributed by atoms with Gasteiger partial charge >= 0.3 is 0 Å². The molecule has 2 unspecified atom stereocenters. The third kappa shape index (κ3) is 8.86. The number of methoxy groups -OCH3 is 1. The Kier molecular flexibility index (Phi) is 11.8. The highest BCUT2D eigenvalue weighted by molar-refractivity contribution is 4.73. The van der Waals surface area contributed by atoms with Crippen molar-refractivity contribution >= 4 is 0 Å². The summed E-state index contributed by atoms with van der Waals surface area (Å²) < 4.78 is 15.8. The monoisotopic (exact) mass is 261 g/mol. The summed E-state index contributed by atoms with van der Waals surface area (Å²) in [6, 6.07) is 0.534. The summed E-state index contributed by atoms with van der Waals surface area (Å²) in [6.45, 7) is 10.2. The highest BCUT2D eigenvalue weighted by Crippen LogP contribution is 2.19. The van der Waals surface area contributed by atoms with E-state index in [1.807, 2.05) is 7.05 Å². The SMILES string of the molecule is CNC(C)C(CCOCCOCCOC)C(C)C. The van der Waals surface area contributed by atoms with Gasteiger partial charge in [0.2, 0.25) is 0 Å². The van der Waals surface area contributed by atoms with Gasteiger partial charge < -0.3 is 19.5 Å². The topological polar surface area (TPSA) is 39.7 Å². The lowest BCUT2D eigenvalue weighted by molar-refractivity contribution is 0.0195. The lowest BCUT2D eigenvalue weighted by atomic mass is 9.87. The van der Waals surface area contributed by atoms with E-state index in [1.165, 1.54) is 0 Å². The summed E-state index contributed by atoms with van der Waals surface area (Å²) in [5.74, 6) is 1.33. The molecular formula is C14H31NO3. The molecule has 18 heavy (non-hydrogen) atoms. The van der Waals surface area contributed by atoms with Gasteiger partial charge in [0.1, 0.15) is 0 Å². The van der Waals surface area contributed by atoms with E-state index in [-0.39, 0.29) is 0 Å². The zero-order valence-electron chi connectivity index (χ0n) is 12.7. The van der Waals surface area contributed by atoms with E-state index < -0.39 is 0 Å². The van der Waals surface area contributed by atoms with E-state index in [9.17, 15) is 0 Å². The minimum absolute atomic E-state index is 0.534. The molecule has 2 atom stereocenters. The Balaban J connectivity index is 3.50.